The topological polar surface area (TPSA) is 43.6 Å². The van der Waals surface area contributed by atoms with Crippen LogP contribution in [0.3, 0.4) is 0 Å². The third-order valence-corrected chi connectivity index (χ3v) is 1.56. The van der Waals surface area contributed by atoms with Gasteiger partial charge < -0.3 is 0 Å². The molecule has 1 heterocycles. The summed E-state index contributed by atoms with van der Waals surface area (Å²) in [5.41, 5.74) is -0.00681. The lowest BCUT2D eigenvalue weighted by Gasteiger charge is -2.11. The zero-order valence-corrected chi connectivity index (χ0v) is 8.37. The van der Waals surface area contributed by atoms with Crippen molar-refractivity contribution in [2.75, 3.05) is 0 Å². The summed E-state index contributed by atoms with van der Waals surface area (Å²) in [5.74, 6) is 0.802. The van der Waals surface area contributed by atoms with Gasteiger partial charge in [0.15, 0.2) is 5.82 Å². The van der Waals surface area contributed by atoms with Crippen molar-refractivity contribution < 1.29 is 0 Å². The largest absolute Gasteiger partial charge is 0.180 e. The summed E-state index contributed by atoms with van der Waals surface area (Å²) in [6.07, 6.45) is 0. The molecule has 0 aromatic carbocycles. The van der Waals surface area contributed by atoms with Gasteiger partial charge in [-0.1, -0.05) is 20.8 Å². The normalized spacial score (nSPS) is 12.5. The molecule has 0 aliphatic heterocycles. The molecule has 0 spiro atoms. The molecule has 12 heavy (non-hydrogen) atoms. The van der Waals surface area contributed by atoms with Crippen LogP contribution in [0.5, 0.6) is 0 Å². The Labute approximate surface area is 73.0 Å². The second-order valence-electron chi connectivity index (χ2n) is 4.28. The average molecular weight is 168 g/mol. The fraction of sp³-hybridized carbons (Fsp3) is 0.875. The van der Waals surface area contributed by atoms with Gasteiger partial charge in [0.25, 0.3) is 0 Å². The van der Waals surface area contributed by atoms with Gasteiger partial charge in [0.05, 0.1) is 6.04 Å². The molecule has 0 amide bonds. The summed E-state index contributed by atoms with van der Waals surface area (Å²) in [6.45, 7) is 10.3. The van der Waals surface area contributed by atoms with Crippen molar-refractivity contribution in [3.05, 3.63) is 5.82 Å². The van der Waals surface area contributed by atoms with E-state index in [2.05, 4.69) is 36.2 Å². The van der Waals surface area contributed by atoms with E-state index in [4.69, 9.17) is 0 Å². The fourth-order valence-electron chi connectivity index (χ4n) is 0.744. The first-order valence-corrected chi connectivity index (χ1v) is 4.21. The third kappa shape index (κ3) is 1.81. The van der Waals surface area contributed by atoms with E-state index >= 15 is 0 Å². The first kappa shape index (κ1) is 9.16. The SMILES string of the molecule is CC(C)n1nnc(C(C)(C)C)n1. The molecule has 0 bridgehead atoms. The lowest BCUT2D eigenvalue weighted by Crippen LogP contribution is -2.14. The molecule has 0 saturated carbocycles. The van der Waals surface area contributed by atoms with Crippen molar-refractivity contribution in [2.45, 2.75) is 46.1 Å². The molecule has 0 N–H and O–H groups in total. The van der Waals surface area contributed by atoms with Gasteiger partial charge in [0.2, 0.25) is 0 Å². The molecule has 0 saturated heterocycles. The molecule has 0 fully saturated rings. The quantitative estimate of drug-likeness (QED) is 0.639. The molecule has 0 atom stereocenters. The number of rotatable bonds is 1. The van der Waals surface area contributed by atoms with E-state index in [0.29, 0.717) is 0 Å². The van der Waals surface area contributed by atoms with Crippen LogP contribution in [0.2, 0.25) is 0 Å². The average Bonchev–Trinajstić information content (AvgIpc) is 2.30. The maximum absolute atomic E-state index is 4.28. The molecule has 0 aliphatic carbocycles. The lowest BCUT2D eigenvalue weighted by molar-refractivity contribution is 0.447. The van der Waals surface area contributed by atoms with Crippen LogP contribution >= 0.6 is 0 Å². The van der Waals surface area contributed by atoms with Crippen LogP contribution < -0.4 is 0 Å². The second kappa shape index (κ2) is 2.84. The van der Waals surface area contributed by atoms with Gasteiger partial charge in [-0.3, -0.25) is 0 Å². The van der Waals surface area contributed by atoms with Crippen molar-refractivity contribution in [2.24, 2.45) is 0 Å². The number of hydrogen-bond donors (Lipinski definition) is 0. The minimum absolute atomic E-state index is 0.00681. The molecular weight excluding hydrogens is 152 g/mol. The van der Waals surface area contributed by atoms with Crippen molar-refractivity contribution >= 4 is 0 Å². The third-order valence-electron chi connectivity index (χ3n) is 1.56. The first-order chi connectivity index (χ1) is 5.41. The molecule has 1 aromatic rings. The van der Waals surface area contributed by atoms with E-state index in [1.165, 1.54) is 0 Å². The number of tetrazole rings is 1. The van der Waals surface area contributed by atoms with Crippen LogP contribution in [0, 0.1) is 0 Å². The monoisotopic (exact) mass is 168 g/mol. The highest BCUT2D eigenvalue weighted by atomic mass is 15.6. The minimum Gasteiger partial charge on any atom is -0.162 e. The zero-order chi connectivity index (χ0) is 9.35. The smallest absolute Gasteiger partial charge is 0.162 e. The highest BCUT2D eigenvalue weighted by Gasteiger charge is 2.20. The molecule has 1 aromatic heterocycles. The van der Waals surface area contributed by atoms with Gasteiger partial charge in [0.1, 0.15) is 0 Å². The highest BCUT2D eigenvalue weighted by Crippen LogP contribution is 2.16. The zero-order valence-electron chi connectivity index (χ0n) is 8.37. The van der Waals surface area contributed by atoms with E-state index in [1.807, 2.05) is 13.8 Å². The van der Waals surface area contributed by atoms with Crippen LogP contribution in [0.25, 0.3) is 0 Å². The molecule has 0 aliphatic rings. The van der Waals surface area contributed by atoms with Gasteiger partial charge in [-0.05, 0) is 19.1 Å². The van der Waals surface area contributed by atoms with Crippen molar-refractivity contribution in [1.82, 2.24) is 20.2 Å². The van der Waals surface area contributed by atoms with Crippen LogP contribution in [-0.4, -0.2) is 20.2 Å². The molecular formula is C8H16N4. The maximum atomic E-state index is 4.28. The fourth-order valence-corrected chi connectivity index (χ4v) is 0.744. The predicted molar refractivity (Wildman–Crippen MR) is 46.9 cm³/mol. The number of hydrogen-bond acceptors (Lipinski definition) is 3. The van der Waals surface area contributed by atoms with Crippen molar-refractivity contribution in [3.63, 3.8) is 0 Å². The highest BCUT2D eigenvalue weighted by molar-refractivity contribution is 4.96. The standard InChI is InChI=1S/C8H16N4/c1-6(2)12-10-7(9-11-12)8(3,4)5/h6H,1-5H3. The summed E-state index contributed by atoms with van der Waals surface area (Å²) in [6, 6.07) is 0.286. The van der Waals surface area contributed by atoms with E-state index in [0.717, 1.165) is 5.82 Å². The van der Waals surface area contributed by atoms with Crippen LogP contribution in [-0.2, 0) is 5.41 Å². The Hall–Kier alpha value is -0.930. The Bertz CT molecular complexity index is 256. The Balaban J connectivity index is 2.92. The molecule has 0 unspecified atom stereocenters. The van der Waals surface area contributed by atoms with Crippen LogP contribution in [0.15, 0.2) is 0 Å². The van der Waals surface area contributed by atoms with Crippen molar-refractivity contribution in [3.8, 4) is 0 Å². The van der Waals surface area contributed by atoms with E-state index in [-0.39, 0.29) is 11.5 Å². The summed E-state index contributed by atoms with van der Waals surface area (Å²) in [7, 11) is 0. The Morgan fingerprint density at radius 1 is 1.25 bits per heavy atom. The molecule has 0 radical (unpaired) electrons. The van der Waals surface area contributed by atoms with Gasteiger partial charge >= 0.3 is 0 Å². The minimum atomic E-state index is -0.00681. The summed E-state index contributed by atoms with van der Waals surface area (Å²) < 4.78 is 0. The lowest BCUT2D eigenvalue weighted by atomic mass is 9.96. The maximum Gasteiger partial charge on any atom is 0.180 e. The summed E-state index contributed by atoms with van der Waals surface area (Å²) in [4.78, 5) is 1.64. The predicted octanol–water partition coefficient (Wildman–Crippen LogP) is 1.55. The summed E-state index contributed by atoms with van der Waals surface area (Å²) >= 11 is 0. The Morgan fingerprint density at radius 3 is 2.08 bits per heavy atom. The molecule has 4 heteroatoms. The summed E-state index contributed by atoms with van der Waals surface area (Å²) in [5, 5.41) is 12.2. The van der Waals surface area contributed by atoms with Gasteiger partial charge in [-0.15, -0.1) is 10.2 Å². The van der Waals surface area contributed by atoms with Gasteiger partial charge in [0, 0.05) is 5.41 Å². The Kier molecular flexibility index (Phi) is 2.17. The van der Waals surface area contributed by atoms with Gasteiger partial charge in [-0.2, -0.15) is 4.80 Å². The first-order valence-electron chi connectivity index (χ1n) is 4.21. The van der Waals surface area contributed by atoms with E-state index in [1.54, 1.807) is 4.80 Å². The van der Waals surface area contributed by atoms with Crippen LogP contribution in [0.4, 0.5) is 0 Å². The molecule has 68 valence electrons. The Morgan fingerprint density at radius 2 is 1.83 bits per heavy atom. The molecule has 4 nitrogen and oxygen atoms in total. The van der Waals surface area contributed by atoms with Gasteiger partial charge in [-0.25, -0.2) is 0 Å². The van der Waals surface area contributed by atoms with E-state index < -0.39 is 0 Å². The number of nitrogens with zero attached hydrogens (tertiary/aromatic N) is 4. The van der Waals surface area contributed by atoms with Crippen molar-refractivity contribution in [1.29, 1.82) is 0 Å². The molecule has 1 rings (SSSR count). The van der Waals surface area contributed by atoms with Crippen LogP contribution in [0.1, 0.15) is 46.5 Å². The second-order valence-corrected chi connectivity index (χ2v) is 4.28. The number of aromatic nitrogens is 4. The van der Waals surface area contributed by atoms with E-state index in [9.17, 15) is 0 Å².